The Kier molecular flexibility index (Phi) is 5.94. The molecule has 0 radical (unpaired) electrons. The molecule has 17 heavy (non-hydrogen) atoms. The third-order valence-electron chi connectivity index (χ3n) is 2.43. The zero-order chi connectivity index (χ0) is 12.7. The Labute approximate surface area is 102 Å². The molecule has 0 bridgehead atoms. The summed E-state index contributed by atoms with van der Waals surface area (Å²) in [6.07, 6.45) is 0.170. The number of hydrogen-bond donors (Lipinski definition) is 1. The summed E-state index contributed by atoms with van der Waals surface area (Å²) >= 11 is 0. The molecule has 0 aromatic heterocycles. The van der Waals surface area contributed by atoms with Crippen molar-refractivity contribution in [3.8, 4) is 5.75 Å². The first kappa shape index (κ1) is 13.9. The van der Waals surface area contributed by atoms with Gasteiger partial charge in [-0.25, -0.2) is 4.39 Å². The number of rotatable bonds is 7. The van der Waals surface area contributed by atoms with Gasteiger partial charge in [-0.15, -0.1) is 0 Å². The topological polar surface area (TPSA) is 30.5 Å². The molecule has 0 aliphatic rings. The monoisotopic (exact) mass is 241 g/mol. The van der Waals surface area contributed by atoms with Crippen LogP contribution in [-0.4, -0.2) is 26.4 Å². The second kappa shape index (κ2) is 7.25. The molecule has 1 unspecified atom stereocenters. The van der Waals surface area contributed by atoms with Gasteiger partial charge in [0.25, 0.3) is 0 Å². The largest absolute Gasteiger partial charge is 0.494 e. The maximum atomic E-state index is 13.4. The summed E-state index contributed by atoms with van der Waals surface area (Å²) in [6, 6.07) is 4.97. The molecule has 1 aromatic rings. The minimum Gasteiger partial charge on any atom is -0.494 e. The quantitative estimate of drug-likeness (QED) is 0.795. The van der Waals surface area contributed by atoms with Crippen molar-refractivity contribution in [3.05, 3.63) is 29.6 Å². The average Bonchev–Trinajstić information content (AvgIpc) is 2.29. The zero-order valence-electron chi connectivity index (χ0n) is 10.6. The third-order valence-corrected chi connectivity index (χ3v) is 2.43. The SMILES string of the molecule is CCOC(C)CNCc1ccc(OC)c(F)c1. The number of halogens is 1. The lowest BCUT2D eigenvalue weighted by Crippen LogP contribution is -2.26. The van der Waals surface area contributed by atoms with Crippen LogP contribution in [0.2, 0.25) is 0 Å². The molecule has 96 valence electrons. The Morgan fingerprint density at radius 3 is 2.76 bits per heavy atom. The van der Waals surface area contributed by atoms with Crippen LogP contribution in [-0.2, 0) is 11.3 Å². The van der Waals surface area contributed by atoms with Crippen LogP contribution in [0.4, 0.5) is 4.39 Å². The standard InChI is InChI=1S/C13H20FNO2/c1-4-17-10(2)8-15-9-11-5-6-13(16-3)12(14)7-11/h5-7,10,15H,4,8-9H2,1-3H3. The molecule has 4 heteroatoms. The van der Waals surface area contributed by atoms with Crippen LogP contribution < -0.4 is 10.1 Å². The van der Waals surface area contributed by atoms with Crippen molar-refractivity contribution < 1.29 is 13.9 Å². The Balaban J connectivity index is 2.39. The van der Waals surface area contributed by atoms with E-state index >= 15 is 0 Å². The van der Waals surface area contributed by atoms with Gasteiger partial charge in [-0.1, -0.05) is 6.07 Å². The van der Waals surface area contributed by atoms with Crippen molar-refractivity contribution in [3.63, 3.8) is 0 Å². The van der Waals surface area contributed by atoms with Gasteiger partial charge in [0, 0.05) is 19.7 Å². The van der Waals surface area contributed by atoms with Gasteiger partial charge in [0.15, 0.2) is 11.6 Å². The highest BCUT2D eigenvalue weighted by Crippen LogP contribution is 2.17. The Morgan fingerprint density at radius 1 is 1.41 bits per heavy atom. The Morgan fingerprint density at radius 2 is 2.18 bits per heavy atom. The van der Waals surface area contributed by atoms with Gasteiger partial charge in [-0.2, -0.15) is 0 Å². The van der Waals surface area contributed by atoms with E-state index in [1.54, 1.807) is 6.07 Å². The molecule has 0 saturated carbocycles. The smallest absolute Gasteiger partial charge is 0.165 e. The lowest BCUT2D eigenvalue weighted by Gasteiger charge is -2.12. The van der Waals surface area contributed by atoms with E-state index in [2.05, 4.69) is 5.32 Å². The van der Waals surface area contributed by atoms with Gasteiger partial charge in [0.2, 0.25) is 0 Å². The van der Waals surface area contributed by atoms with E-state index in [1.807, 2.05) is 19.9 Å². The summed E-state index contributed by atoms with van der Waals surface area (Å²) < 4.78 is 23.6. The lowest BCUT2D eigenvalue weighted by molar-refractivity contribution is 0.0759. The fourth-order valence-corrected chi connectivity index (χ4v) is 1.58. The highest BCUT2D eigenvalue weighted by molar-refractivity contribution is 5.29. The van der Waals surface area contributed by atoms with Crippen LogP contribution in [0, 0.1) is 5.82 Å². The number of ether oxygens (including phenoxy) is 2. The first-order chi connectivity index (χ1) is 8.17. The molecule has 0 spiro atoms. The fourth-order valence-electron chi connectivity index (χ4n) is 1.58. The highest BCUT2D eigenvalue weighted by Gasteiger charge is 2.04. The molecular weight excluding hydrogens is 221 g/mol. The molecule has 1 aromatic carbocycles. The predicted octanol–water partition coefficient (Wildman–Crippen LogP) is 2.35. The van der Waals surface area contributed by atoms with Gasteiger partial charge < -0.3 is 14.8 Å². The number of benzene rings is 1. The van der Waals surface area contributed by atoms with E-state index in [0.29, 0.717) is 13.2 Å². The molecule has 0 amide bonds. The van der Waals surface area contributed by atoms with Crippen LogP contribution in [0.15, 0.2) is 18.2 Å². The summed E-state index contributed by atoms with van der Waals surface area (Å²) in [5, 5.41) is 3.22. The number of nitrogens with one attached hydrogen (secondary N) is 1. The molecule has 3 nitrogen and oxygen atoms in total. The Bertz CT molecular complexity index is 344. The fraction of sp³-hybridized carbons (Fsp3) is 0.538. The minimum atomic E-state index is -0.329. The van der Waals surface area contributed by atoms with Gasteiger partial charge in [-0.3, -0.25) is 0 Å². The molecule has 1 atom stereocenters. The van der Waals surface area contributed by atoms with Crippen molar-refractivity contribution >= 4 is 0 Å². The summed E-state index contributed by atoms with van der Waals surface area (Å²) in [5.74, 6) is -0.0545. The van der Waals surface area contributed by atoms with E-state index in [1.165, 1.54) is 13.2 Å². The van der Waals surface area contributed by atoms with Crippen molar-refractivity contribution in [2.24, 2.45) is 0 Å². The van der Waals surface area contributed by atoms with Crippen LogP contribution in [0.5, 0.6) is 5.75 Å². The summed E-state index contributed by atoms with van der Waals surface area (Å²) in [5.41, 5.74) is 0.895. The van der Waals surface area contributed by atoms with Crippen molar-refractivity contribution in [2.45, 2.75) is 26.5 Å². The highest BCUT2D eigenvalue weighted by atomic mass is 19.1. The van der Waals surface area contributed by atoms with Crippen LogP contribution in [0.25, 0.3) is 0 Å². The van der Waals surface area contributed by atoms with Crippen LogP contribution in [0.3, 0.4) is 0 Å². The second-order valence-corrected chi connectivity index (χ2v) is 3.87. The van der Waals surface area contributed by atoms with Crippen LogP contribution >= 0.6 is 0 Å². The van der Waals surface area contributed by atoms with E-state index in [4.69, 9.17) is 9.47 Å². The van der Waals surface area contributed by atoms with Crippen LogP contribution in [0.1, 0.15) is 19.4 Å². The molecule has 0 saturated heterocycles. The molecule has 0 aliphatic carbocycles. The first-order valence-electron chi connectivity index (χ1n) is 5.82. The maximum Gasteiger partial charge on any atom is 0.165 e. The van der Waals surface area contributed by atoms with Gasteiger partial charge in [-0.05, 0) is 31.5 Å². The normalized spacial score (nSPS) is 12.5. The molecule has 1 rings (SSSR count). The molecule has 0 aliphatic heterocycles. The summed E-state index contributed by atoms with van der Waals surface area (Å²) in [7, 11) is 1.46. The average molecular weight is 241 g/mol. The van der Waals surface area contributed by atoms with Gasteiger partial charge in [0.1, 0.15) is 0 Å². The molecular formula is C13H20FNO2. The van der Waals surface area contributed by atoms with E-state index in [0.717, 1.165) is 12.1 Å². The number of hydrogen-bond acceptors (Lipinski definition) is 3. The lowest BCUT2D eigenvalue weighted by atomic mass is 10.2. The summed E-state index contributed by atoms with van der Waals surface area (Å²) in [6.45, 7) is 6.06. The predicted molar refractivity (Wildman–Crippen MR) is 65.7 cm³/mol. The van der Waals surface area contributed by atoms with Crippen molar-refractivity contribution in [1.82, 2.24) is 5.32 Å². The zero-order valence-corrected chi connectivity index (χ0v) is 10.6. The van der Waals surface area contributed by atoms with Gasteiger partial charge >= 0.3 is 0 Å². The minimum absolute atomic E-state index is 0.170. The maximum absolute atomic E-state index is 13.4. The Hall–Kier alpha value is -1.13. The third kappa shape index (κ3) is 4.71. The van der Waals surface area contributed by atoms with E-state index in [-0.39, 0.29) is 17.7 Å². The second-order valence-electron chi connectivity index (χ2n) is 3.87. The molecule has 0 heterocycles. The summed E-state index contributed by atoms with van der Waals surface area (Å²) in [4.78, 5) is 0. The van der Waals surface area contributed by atoms with Gasteiger partial charge in [0.05, 0.1) is 13.2 Å². The van der Waals surface area contributed by atoms with Crippen molar-refractivity contribution in [1.29, 1.82) is 0 Å². The first-order valence-corrected chi connectivity index (χ1v) is 5.82. The van der Waals surface area contributed by atoms with Crippen molar-refractivity contribution in [2.75, 3.05) is 20.3 Å². The molecule has 1 N–H and O–H groups in total. The van der Waals surface area contributed by atoms with E-state index in [9.17, 15) is 4.39 Å². The number of methoxy groups -OCH3 is 1. The van der Waals surface area contributed by atoms with E-state index < -0.39 is 0 Å². The molecule has 0 fully saturated rings.